The van der Waals surface area contributed by atoms with Gasteiger partial charge >= 0.3 is 18.3 Å². The van der Waals surface area contributed by atoms with Crippen LogP contribution in [0.15, 0.2) is 29.2 Å². The van der Waals surface area contributed by atoms with Crippen molar-refractivity contribution >= 4 is 57.6 Å². The van der Waals surface area contributed by atoms with Crippen molar-refractivity contribution in [1.82, 2.24) is 4.90 Å². The first kappa shape index (κ1) is 30.5. The molecule has 40 heavy (non-hydrogen) atoms. The van der Waals surface area contributed by atoms with Gasteiger partial charge in [0, 0.05) is 23.4 Å². The Hall–Kier alpha value is -2.46. The van der Waals surface area contributed by atoms with Gasteiger partial charge in [0.15, 0.2) is 6.29 Å². The number of alkyl halides is 6. The first-order chi connectivity index (χ1) is 18.7. The van der Waals surface area contributed by atoms with Gasteiger partial charge in [0.1, 0.15) is 4.32 Å². The molecule has 1 aromatic carbocycles. The molecular weight excluding hydrogens is 604 g/mol. The Morgan fingerprint density at radius 3 is 2.23 bits per heavy atom. The van der Waals surface area contributed by atoms with Gasteiger partial charge in [-0.15, -0.1) is 11.3 Å². The highest BCUT2D eigenvalue weighted by Crippen LogP contribution is 2.45. The van der Waals surface area contributed by atoms with Crippen LogP contribution in [0.3, 0.4) is 0 Å². The van der Waals surface area contributed by atoms with Crippen molar-refractivity contribution in [2.24, 2.45) is 0 Å². The molecule has 2 saturated heterocycles. The highest BCUT2D eigenvalue weighted by Gasteiger charge is 2.38. The summed E-state index contributed by atoms with van der Waals surface area (Å²) in [6.07, 6.45) is -7.95. The normalized spacial score (nSPS) is 17.9. The number of amides is 1. The summed E-state index contributed by atoms with van der Waals surface area (Å²) in [6, 6.07) is 2.75. The van der Waals surface area contributed by atoms with Crippen molar-refractivity contribution in [1.29, 1.82) is 0 Å². The Kier molecular flexibility index (Phi) is 9.29. The van der Waals surface area contributed by atoms with Gasteiger partial charge in [-0.1, -0.05) is 30.4 Å². The zero-order valence-corrected chi connectivity index (χ0v) is 22.9. The predicted molar refractivity (Wildman–Crippen MR) is 140 cm³/mol. The van der Waals surface area contributed by atoms with Crippen LogP contribution in [-0.2, 0) is 31.4 Å². The number of thiocarbonyl (C=S) groups is 1. The Balaban J connectivity index is 1.66. The Labute approximate surface area is 237 Å². The SMILES string of the molecule is O=C(O)CCCCCN1C(=O)/C(=C/c2cc(-c3cc(C(F)(F)F)cc(C(F)(F)F)c3)c(C3OCCO3)s2)SC1=S. The largest absolute Gasteiger partial charge is 0.481 e. The molecule has 2 aliphatic heterocycles. The van der Waals surface area contributed by atoms with E-state index in [4.69, 9.17) is 26.8 Å². The van der Waals surface area contributed by atoms with E-state index in [1.54, 1.807) is 0 Å². The van der Waals surface area contributed by atoms with Gasteiger partial charge in [0.05, 0.1) is 34.1 Å². The number of thiophene rings is 1. The van der Waals surface area contributed by atoms with Crippen LogP contribution < -0.4 is 0 Å². The Morgan fingerprint density at radius 1 is 1.02 bits per heavy atom. The minimum absolute atomic E-state index is 0.0199. The summed E-state index contributed by atoms with van der Waals surface area (Å²) in [7, 11) is 0. The third-order valence-electron chi connectivity index (χ3n) is 5.93. The van der Waals surface area contributed by atoms with Crippen LogP contribution in [0.1, 0.15) is 52.9 Å². The second-order valence-corrected chi connectivity index (χ2v) is 11.6. The number of carbonyl (C=O) groups is 2. The van der Waals surface area contributed by atoms with Crippen LogP contribution in [0.25, 0.3) is 17.2 Å². The molecule has 1 aromatic heterocycles. The number of halogens is 6. The number of nitrogens with zero attached hydrogens (tertiary/aromatic N) is 1. The van der Waals surface area contributed by atoms with Gasteiger partial charge in [0.25, 0.3) is 5.91 Å². The Bertz CT molecular complexity index is 1300. The zero-order valence-electron chi connectivity index (χ0n) is 20.4. The Morgan fingerprint density at radius 2 is 1.65 bits per heavy atom. The summed E-state index contributed by atoms with van der Waals surface area (Å²) in [4.78, 5) is 25.9. The maximum Gasteiger partial charge on any atom is 0.416 e. The smallest absolute Gasteiger partial charge is 0.416 e. The molecule has 1 N–H and O–H groups in total. The van der Waals surface area contributed by atoms with E-state index in [0.717, 1.165) is 23.1 Å². The number of rotatable bonds is 9. The number of hydrogen-bond donors (Lipinski definition) is 1. The predicted octanol–water partition coefficient (Wildman–Crippen LogP) is 7.34. The fourth-order valence-electron chi connectivity index (χ4n) is 4.06. The molecule has 3 heterocycles. The molecular formula is C25H21F6NO5S3. The van der Waals surface area contributed by atoms with E-state index in [1.165, 1.54) is 17.0 Å². The van der Waals surface area contributed by atoms with Crippen molar-refractivity contribution in [3.63, 3.8) is 0 Å². The quantitative estimate of drug-likeness (QED) is 0.135. The lowest BCUT2D eigenvalue weighted by Gasteiger charge is -2.15. The third-order valence-corrected chi connectivity index (χ3v) is 8.42. The first-order valence-electron chi connectivity index (χ1n) is 11.9. The van der Waals surface area contributed by atoms with Crippen LogP contribution in [0.2, 0.25) is 0 Å². The maximum absolute atomic E-state index is 13.5. The van der Waals surface area contributed by atoms with Crippen LogP contribution >= 0.6 is 35.3 Å². The van der Waals surface area contributed by atoms with Crippen LogP contribution in [0.5, 0.6) is 0 Å². The molecule has 2 fully saturated rings. The summed E-state index contributed by atoms with van der Waals surface area (Å²) in [5.74, 6) is -1.30. The molecule has 15 heteroatoms. The number of unbranched alkanes of at least 4 members (excludes halogenated alkanes) is 2. The lowest BCUT2D eigenvalue weighted by atomic mass is 9.99. The molecule has 6 nitrogen and oxygen atoms in total. The molecule has 0 aliphatic carbocycles. The minimum Gasteiger partial charge on any atom is -0.481 e. The number of hydrogen-bond acceptors (Lipinski definition) is 7. The second kappa shape index (κ2) is 12.2. The van der Waals surface area contributed by atoms with Gasteiger partial charge in [-0.3, -0.25) is 14.5 Å². The number of carboxylic acid groups (broad SMARTS) is 1. The fraction of sp³-hybridized carbons (Fsp3) is 0.400. The van der Waals surface area contributed by atoms with Crippen molar-refractivity contribution in [2.45, 2.75) is 44.3 Å². The number of benzene rings is 1. The van der Waals surface area contributed by atoms with Gasteiger partial charge < -0.3 is 14.6 Å². The van der Waals surface area contributed by atoms with Gasteiger partial charge in [-0.05, 0) is 48.7 Å². The molecule has 0 saturated carbocycles. The second-order valence-electron chi connectivity index (χ2n) is 8.83. The molecule has 1 amide bonds. The van der Waals surface area contributed by atoms with E-state index in [-0.39, 0.29) is 53.2 Å². The molecule has 0 unspecified atom stereocenters. The number of aliphatic carboxylic acids is 1. The maximum atomic E-state index is 13.5. The monoisotopic (exact) mass is 625 g/mol. The minimum atomic E-state index is -5.02. The van der Waals surface area contributed by atoms with E-state index < -0.39 is 41.6 Å². The first-order valence-corrected chi connectivity index (χ1v) is 13.9. The highest BCUT2D eigenvalue weighted by molar-refractivity contribution is 8.26. The van der Waals surface area contributed by atoms with Crippen LogP contribution in [0, 0.1) is 0 Å². The van der Waals surface area contributed by atoms with Crippen molar-refractivity contribution in [2.75, 3.05) is 19.8 Å². The summed E-state index contributed by atoms with van der Waals surface area (Å²) in [5.41, 5.74) is -3.16. The summed E-state index contributed by atoms with van der Waals surface area (Å²) in [5, 5.41) is 8.73. The van der Waals surface area contributed by atoms with Crippen LogP contribution in [-0.4, -0.2) is 46.0 Å². The molecule has 0 radical (unpaired) electrons. The highest BCUT2D eigenvalue weighted by atomic mass is 32.2. The number of carbonyl (C=O) groups excluding carboxylic acids is 1. The van der Waals surface area contributed by atoms with E-state index >= 15 is 0 Å². The molecule has 2 aliphatic rings. The van der Waals surface area contributed by atoms with E-state index in [2.05, 4.69) is 0 Å². The third kappa shape index (κ3) is 7.24. The average molecular weight is 626 g/mol. The van der Waals surface area contributed by atoms with Crippen molar-refractivity contribution in [3.8, 4) is 11.1 Å². The number of carboxylic acids is 1. The van der Waals surface area contributed by atoms with E-state index in [1.807, 2.05) is 0 Å². The number of ether oxygens (including phenoxy) is 2. The van der Waals surface area contributed by atoms with E-state index in [9.17, 15) is 35.9 Å². The topological polar surface area (TPSA) is 76.1 Å². The fourth-order valence-corrected chi connectivity index (χ4v) is 6.56. The molecule has 0 atom stereocenters. The van der Waals surface area contributed by atoms with Gasteiger partial charge in [0.2, 0.25) is 0 Å². The standard InChI is InChI=1S/C25H21F6NO5S3/c26-24(27,28)14-8-13(9-15(10-14)25(29,30)31)17-11-16(39-20(17)22-36-6-7-37-22)12-18-21(35)32(23(38)40-18)5-3-1-2-4-19(33)34/h8-12,22H,1-7H2,(H,33,34)/b18-12-. The van der Waals surface area contributed by atoms with Crippen LogP contribution in [0.4, 0.5) is 26.3 Å². The molecule has 4 rings (SSSR count). The molecule has 2 aromatic rings. The molecule has 0 bridgehead atoms. The summed E-state index contributed by atoms with van der Waals surface area (Å²) in [6.45, 7) is 0.675. The van der Waals surface area contributed by atoms with Crippen molar-refractivity contribution < 1.29 is 50.5 Å². The van der Waals surface area contributed by atoms with Gasteiger partial charge in [-0.2, -0.15) is 26.3 Å². The average Bonchev–Trinajstić information content (AvgIpc) is 3.59. The molecule has 0 spiro atoms. The summed E-state index contributed by atoms with van der Waals surface area (Å²) >= 11 is 7.35. The summed E-state index contributed by atoms with van der Waals surface area (Å²) < 4.78 is 92.3. The van der Waals surface area contributed by atoms with Gasteiger partial charge in [-0.25, -0.2) is 0 Å². The lowest BCUT2D eigenvalue weighted by molar-refractivity contribution is -0.143. The zero-order chi connectivity index (χ0) is 29.2. The number of thioether (sulfide) groups is 1. The molecule has 216 valence electrons. The lowest BCUT2D eigenvalue weighted by Crippen LogP contribution is -2.29. The van der Waals surface area contributed by atoms with Crippen molar-refractivity contribution in [3.05, 3.63) is 50.1 Å². The van der Waals surface area contributed by atoms with E-state index in [0.29, 0.717) is 40.6 Å².